The highest BCUT2D eigenvalue weighted by molar-refractivity contribution is 5.46. The number of rotatable bonds is 2. The Bertz CT molecular complexity index is 398. The molecule has 0 aromatic carbocycles. The van der Waals surface area contributed by atoms with Crippen LogP contribution in [0.15, 0.2) is 29.0 Å². The molecule has 13 heavy (non-hydrogen) atoms. The zero-order chi connectivity index (χ0) is 8.67. The summed E-state index contributed by atoms with van der Waals surface area (Å²) in [7, 11) is 0. The predicted octanol–water partition coefficient (Wildman–Crippen LogP) is 2.55. The van der Waals surface area contributed by atoms with Crippen molar-refractivity contribution in [2.45, 2.75) is 18.8 Å². The van der Waals surface area contributed by atoms with Crippen molar-refractivity contribution in [3.63, 3.8) is 0 Å². The zero-order valence-corrected chi connectivity index (χ0v) is 7.16. The Morgan fingerprint density at radius 1 is 1.46 bits per heavy atom. The van der Waals surface area contributed by atoms with Gasteiger partial charge in [0.15, 0.2) is 11.6 Å². The molecule has 1 fully saturated rings. The van der Waals surface area contributed by atoms with E-state index in [0.29, 0.717) is 0 Å². The average molecular weight is 174 g/mol. The van der Waals surface area contributed by atoms with Gasteiger partial charge in [0, 0.05) is 17.8 Å². The van der Waals surface area contributed by atoms with Crippen LogP contribution in [-0.4, -0.2) is 9.97 Å². The molecule has 1 saturated carbocycles. The van der Waals surface area contributed by atoms with Crippen molar-refractivity contribution < 1.29 is 4.42 Å². The fraction of sp³-hybridized carbons (Fsp3) is 0.300. The highest BCUT2D eigenvalue weighted by Crippen LogP contribution is 2.39. The van der Waals surface area contributed by atoms with E-state index in [9.17, 15) is 0 Å². The molecule has 0 atom stereocenters. The third-order valence-corrected chi connectivity index (χ3v) is 2.37. The van der Waals surface area contributed by atoms with Crippen LogP contribution >= 0.6 is 0 Å². The second kappa shape index (κ2) is 2.49. The maximum Gasteiger partial charge on any atom is 0.173 e. The van der Waals surface area contributed by atoms with Gasteiger partial charge in [0.2, 0.25) is 0 Å². The molecular weight excluding hydrogens is 164 g/mol. The normalized spacial score (nSPS) is 16.3. The van der Waals surface area contributed by atoms with E-state index in [-0.39, 0.29) is 0 Å². The number of aromatic amines is 1. The Morgan fingerprint density at radius 3 is 3.08 bits per heavy atom. The second-order valence-electron chi connectivity index (χ2n) is 3.44. The fourth-order valence-electron chi connectivity index (χ4n) is 1.48. The van der Waals surface area contributed by atoms with Gasteiger partial charge in [0.1, 0.15) is 0 Å². The Labute approximate surface area is 75.8 Å². The van der Waals surface area contributed by atoms with Crippen LogP contribution in [0.1, 0.15) is 24.5 Å². The molecule has 0 aliphatic heterocycles. The van der Waals surface area contributed by atoms with E-state index in [1.807, 2.05) is 18.3 Å². The molecule has 0 radical (unpaired) electrons. The maximum absolute atomic E-state index is 5.24. The van der Waals surface area contributed by atoms with Crippen molar-refractivity contribution in [3.05, 3.63) is 30.3 Å². The van der Waals surface area contributed by atoms with Crippen LogP contribution in [0.2, 0.25) is 0 Å². The molecule has 2 heterocycles. The number of nitrogens with zero attached hydrogens (tertiary/aromatic N) is 1. The number of H-pyrrole nitrogens is 1. The van der Waals surface area contributed by atoms with Gasteiger partial charge < -0.3 is 9.40 Å². The number of furan rings is 1. The summed E-state index contributed by atoms with van der Waals surface area (Å²) in [6, 6.07) is 3.78. The van der Waals surface area contributed by atoms with Crippen LogP contribution in [0, 0.1) is 0 Å². The fourth-order valence-corrected chi connectivity index (χ4v) is 1.48. The molecule has 0 saturated heterocycles. The highest BCUT2D eigenvalue weighted by atomic mass is 16.3. The van der Waals surface area contributed by atoms with Crippen LogP contribution in [0.3, 0.4) is 0 Å². The van der Waals surface area contributed by atoms with Crippen LogP contribution in [0.25, 0.3) is 11.6 Å². The molecule has 0 bridgehead atoms. The van der Waals surface area contributed by atoms with E-state index >= 15 is 0 Å². The molecule has 1 aliphatic carbocycles. The minimum Gasteiger partial charge on any atom is -0.461 e. The molecular formula is C10H10N2O. The number of imidazole rings is 1. The third kappa shape index (κ3) is 1.16. The lowest BCUT2D eigenvalue weighted by Gasteiger charge is -1.89. The van der Waals surface area contributed by atoms with Gasteiger partial charge >= 0.3 is 0 Å². The maximum atomic E-state index is 5.24. The monoisotopic (exact) mass is 174 g/mol. The molecule has 2 aromatic rings. The lowest BCUT2D eigenvalue weighted by Crippen LogP contribution is -1.78. The first-order valence-corrected chi connectivity index (χ1v) is 4.52. The SMILES string of the molecule is c1coc(-c2ncc(C3CC3)[nH]2)c1. The number of hydrogen-bond donors (Lipinski definition) is 1. The molecule has 3 nitrogen and oxygen atoms in total. The van der Waals surface area contributed by atoms with Gasteiger partial charge in [-0.25, -0.2) is 4.98 Å². The number of nitrogens with one attached hydrogen (secondary N) is 1. The Hall–Kier alpha value is -1.51. The summed E-state index contributed by atoms with van der Waals surface area (Å²) in [5.74, 6) is 2.37. The smallest absolute Gasteiger partial charge is 0.173 e. The van der Waals surface area contributed by atoms with Crippen LogP contribution < -0.4 is 0 Å². The van der Waals surface area contributed by atoms with Crippen molar-refractivity contribution >= 4 is 0 Å². The quantitative estimate of drug-likeness (QED) is 0.760. The van der Waals surface area contributed by atoms with Crippen molar-refractivity contribution in [2.75, 3.05) is 0 Å². The van der Waals surface area contributed by atoms with Gasteiger partial charge in [-0.1, -0.05) is 0 Å². The number of hydrogen-bond acceptors (Lipinski definition) is 2. The second-order valence-corrected chi connectivity index (χ2v) is 3.44. The zero-order valence-electron chi connectivity index (χ0n) is 7.16. The molecule has 1 aliphatic rings. The topological polar surface area (TPSA) is 41.8 Å². The minimum absolute atomic E-state index is 0.719. The van der Waals surface area contributed by atoms with E-state index in [4.69, 9.17) is 4.42 Å². The van der Waals surface area contributed by atoms with E-state index in [1.54, 1.807) is 6.26 Å². The van der Waals surface area contributed by atoms with Crippen LogP contribution in [0.5, 0.6) is 0 Å². The van der Waals surface area contributed by atoms with Gasteiger partial charge in [-0.3, -0.25) is 0 Å². The summed E-state index contributed by atoms with van der Waals surface area (Å²) < 4.78 is 5.24. The Kier molecular flexibility index (Phi) is 1.33. The third-order valence-electron chi connectivity index (χ3n) is 2.37. The molecule has 66 valence electrons. The van der Waals surface area contributed by atoms with Gasteiger partial charge in [-0.15, -0.1) is 0 Å². The molecule has 0 amide bonds. The highest BCUT2D eigenvalue weighted by Gasteiger charge is 2.25. The van der Waals surface area contributed by atoms with E-state index < -0.39 is 0 Å². The van der Waals surface area contributed by atoms with Crippen molar-refractivity contribution in [1.29, 1.82) is 0 Å². The lowest BCUT2D eigenvalue weighted by atomic mass is 10.3. The van der Waals surface area contributed by atoms with Gasteiger partial charge in [-0.05, 0) is 25.0 Å². The molecule has 3 rings (SSSR count). The van der Waals surface area contributed by atoms with Crippen molar-refractivity contribution in [2.24, 2.45) is 0 Å². The predicted molar refractivity (Wildman–Crippen MR) is 48.3 cm³/mol. The molecule has 2 aromatic heterocycles. The molecule has 0 spiro atoms. The van der Waals surface area contributed by atoms with E-state index in [1.165, 1.54) is 18.5 Å². The lowest BCUT2D eigenvalue weighted by molar-refractivity contribution is 0.578. The van der Waals surface area contributed by atoms with E-state index in [2.05, 4.69) is 9.97 Å². The first kappa shape index (κ1) is 6.95. The van der Waals surface area contributed by atoms with Crippen molar-refractivity contribution in [3.8, 4) is 11.6 Å². The Balaban J connectivity index is 1.97. The van der Waals surface area contributed by atoms with Gasteiger partial charge in [0.05, 0.1) is 6.26 Å². The summed E-state index contributed by atoms with van der Waals surface area (Å²) in [5.41, 5.74) is 1.24. The summed E-state index contributed by atoms with van der Waals surface area (Å²) in [4.78, 5) is 7.54. The molecule has 0 unspecified atom stereocenters. The van der Waals surface area contributed by atoms with Gasteiger partial charge in [0.25, 0.3) is 0 Å². The largest absolute Gasteiger partial charge is 0.461 e. The standard InChI is InChI=1S/C10H10N2O/c1-2-9(13-5-1)10-11-6-8(12-10)7-3-4-7/h1-2,5-7H,3-4H2,(H,11,12). The van der Waals surface area contributed by atoms with Gasteiger partial charge in [-0.2, -0.15) is 0 Å². The summed E-state index contributed by atoms with van der Waals surface area (Å²) in [6.45, 7) is 0. The summed E-state index contributed by atoms with van der Waals surface area (Å²) in [5, 5.41) is 0. The van der Waals surface area contributed by atoms with Crippen molar-refractivity contribution in [1.82, 2.24) is 9.97 Å². The first-order valence-electron chi connectivity index (χ1n) is 4.52. The summed E-state index contributed by atoms with van der Waals surface area (Å²) >= 11 is 0. The average Bonchev–Trinajstić information content (AvgIpc) is 2.72. The summed E-state index contributed by atoms with van der Waals surface area (Å²) in [6.07, 6.45) is 6.16. The van der Waals surface area contributed by atoms with Crippen LogP contribution in [-0.2, 0) is 0 Å². The van der Waals surface area contributed by atoms with E-state index in [0.717, 1.165) is 17.5 Å². The Morgan fingerprint density at radius 2 is 2.38 bits per heavy atom. The molecule has 3 heteroatoms. The number of aromatic nitrogens is 2. The first-order chi connectivity index (χ1) is 6.43. The van der Waals surface area contributed by atoms with Crippen LogP contribution in [0.4, 0.5) is 0 Å². The molecule has 1 N–H and O–H groups in total. The minimum atomic E-state index is 0.719.